The molecule has 1 aliphatic heterocycles. The molecule has 1 amide bonds. The SMILES string of the molecule is CC(N)C1(c2cc(F)c3c(c2)CC(=O)N3)CC1. The van der Waals surface area contributed by atoms with E-state index in [1.807, 2.05) is 13.0 Å². The summed E-state index contributed by atoms with van der Waals surface area (Å²) in [4.78, 5) is 11.3. The zero-order valence-electron chi connectivity index (χ0n) is 9.72. The van der Waals surface area contributed by atoms with Crippen molar-refractivity contribution in [1.82, 2.24) is 0 Å². The molecule has 1 aromatic carbocycles. The molecule has 1 aliphatic carbocycles. The maximum atomic E-state index is 13.9. The van der Waals surface area contributed by atoms with Crippen LogP contribution in [0.15, 0.2) is 12.1 Å². The lowest BCUT2D eigenvalue weighted by atomic mass is 9.88. The summed E-state index contributed by atoms with van der Waals surface area (Å²) in [6.45, 7) is 1.96. The van der Waals surface area contributed by atoms with E-state index >= 15 is 0 Å². The van der Waals surface area contributed by atoms with Crippen molar-refractivity contribution in [3.05, 3.63) is 29.1 Å². The summed E-state index contributed by atoms with van der Waals surface area (Å²) in [5.41, 5.74) is 7.97. The molecule has 0 aromatic heterocycles. The van der Waals surface area contributed by atoms with Crippen LogP contribution in [0.2, 0.25) is 0 Å². The quantitative estimate of drug-likeness (QED) is 0.818. The van der Waals surface area contributed by atoms with Gasteiger partial charge >= 0.3 is 0 Å². The number of halogens is 1. The van der Waals surface area contributed by atoms with Gasteiger partial charge in [0.1, 0.15) is 5.82 Å². The van der Waals surface area contributed by atoms with Gasteiger partial charge < -0.3 is 11.1 Å². The summed E-state index contributed by atoms with van der Waals surface area (Å²) in [6.07, 6.45) is 2.28. The van der Waals surface area contributed by atoms with Crippen molar-refractivity contribution >= 4 is 11.6 Å². The largest absolute Gasteiger partial charge is 0.327 e. The van der Waals surface area contributed by atoms with Crippen molar-refractivity contribution in [2.45, 2.75) is 37.6 Å². The number of carbonyl (C=O) groups excluding carboxylic acids is 1. The van der Waals surface area contributed by atoms with E-state index in [2.05, 4.69) is 5.32 Å². The molecular formula is C13H15FN2O. The molecule has 3 rings (SSSR count). The Morgan fingerprint density at radius 3 is 2.76 bits per heavy atom. The number of benzene rings is 1. The first-order valence-corrected chi connectivity index (χ1v) is 5.91. The lowest BCUT2D eigenvalue weighted by Gasteiger charge is -2.21. The number of anilines is 1. The zero-order chi connectivity index (χ0) is 12.2. The maximum Gasteiger partial charge on any atom is 0.228 e. The third-order valence-electron chi connectivity index (χ3n) is 4.02. The Labute approximate surface area is 99.2 Å². The second-order valence-corrected chi connectivity index (χ2v) is 5.16. The third kappa shape index (κ3) is 1.47. The Morgan fingerprint density at radius 2 is 2.18 bits per heavy atom. The number of carbonyl (C=O) groups is 1. The topological polar surface area (TPSA) is 55.1 Å². The molecule has 0 spiro atoms. The van der Waals surface area contributed by atoms with Gasteiger partial charge in [0.25, 0.3) is 0 Å². The second-order valence-electron chi connectivity index (χ2n) is 5.16. The number of hydrogen-bond acceptors (Lipinski definition) is 2. The molecule has 1 unspecified atom stereocenters. The molecule has 17 heavy (non-hydrogen) atoms. The van der Waals surface area contributed by atoms with E-state index in [0.29, 0.717) is 5.69 Å². The first-order valence-electron chi connectivity index (χ1n) is 5.91. The standard InChI is InChI=1S/C13H15FN2O/c1-7(15)13(2-3-13)9-4-8-5-11(17)16-12(8)10(14)6-9/h4,6-7H,2-3,5,15H2,1H3,(H,16,17). The molecule has 1 heterocycles. The van der Waals surface area contributed by atoms with E-state index in [-0.39, 0.29) is 29.6 Å². The van der Waals surface area contributed by atoms with Gasteiger partial charge in [-0.3, -0.25) is 4.79 Å². The highest BCUT2D eigenvalue weighted by Crippen LogP contribution is 2.51. The Morgan fingerprint density at radius 1 is 1.47 bits per heavy atom. The summed E-state index contributed by atoms with van der Waals surface area (Å²) in [5.74, 6) is -0.475. The molecule has 1 atom stereocenters. The van der Waals surface area contributed by atoms with Crippen molar-refractivity contribution in [2.75, 3.05) is 5.32 Å². The fraction of sp³-hybridized carbons (Fsp3) is 0.462. The normalized spacial score (nSPS) is 21.9. The summed E-state index contributed by atoms with van der Waals surface area (Å²) in [7, 11) is 0. The number of nitrogens with two attached hydrogens (primary N) is 1. The van der Waals surface area contributed by atoms with Crippen LogP contribution < -0.4 is 11.1 Å². The van der Waals surface area contributed by atoms with Crippen molar-refractivity contribution in [2.24, 2.45) is 5.73 Å². The molecule has 0 radical (unpaired) electrons. The predicted octanol–water partition coefficient (Wildman–Crippen LogP) is 1.70. The summed E-state index contributed by atoms with van der Waals surface area (Å²) >= 11 is 0. The van der Waals surface area contributed by atoms with Gasteiger partial charge in [-0.15, -0.1) is 0 Å². The first-order chi connectivity index (χ1) is 8.03. The van der Waals surface area contributed by atoms with Gasteiger partial charge in [-0.25, -0.2) is 4.39 Å². The molecular weight excluding hydrogens is 219 g/mol. The molecule has 3 nitrogen and oxygen atoms in total. The minimum absolute atomic E-state index is 0.0185. The van der Waals surface area contributed by atoms with E-state index < -0.39 is 0 Å². The molecule has 1 aromatic rings. The van der Waals surface area contributed by atoms with Gasteiger partial charge in [-0.05, 0) is 37.0 Å². The van der Waals surface area contributed by atoms with Gasteiger partial charge in [0.15, 0.2) is 0 Å². The number of hydrogen-bond donors (Lipinski definition) is 2. The number of fused-ring (bicyclic) bond motifs is 1. The van der Waals surface area contributed by atoms with Crippen molar-refractivity contribution in [3.8, 4) is 0 Å². The fourth-order valence-corrected chi connectivity index (χ4v) is 2.73. The van der Waals surface area contributed by atoms with Gasteiger partial charge in [-0.2, -0.15) is 0 Å². The van der Waals surface area contributed by atoms with Crippen LogP contribution in [0.1, 0.15) is 30.9 Å². The van der Waals surface area contributed by atoms with Crippen molar-refractivity contribution in [3.63, 3.8) is 0 Å². The molecule has 0 saturated heterocycles. The van der Waals surface area contributed by atoms with Crippen molar-refractivity contribution < 1.29 is 9.18 Å². The van der Waals surface area contributed by atoms with Crippen LogP contribution in [0, 0.1) is 5.82 Å². The van der Waals surface area contributed by atoms with Crippen LogP contribution in [0.3, 0.4) is 0 Å². The third-order valence-corrected chi connectivity index (χ3v) is 4.02. The maximum absolute atomic E-state index is 13.9. The van der Waals surface area contributed by atoms with Crippen LogP contribution in [0.5, 0.6) is 0 Å². The lowest BCUT2D eigenvalue weighted by molar-refractivity contribution is -0.115. The van der Waals surface area contributed by atoms with Gasteiger partial charge in [-0.1, -0.05) is 6.07 Å². The fourth-order valence-electron chi connectivity index (χ4n) is 2.73. The van der Waals surface area contributed by atoms with Crippen LogP contribution in [-0.2, 0) is 16.6 Å². The van der Waals surface area contributed by atoms with Gasteiger partial charge in [0, 0.05) is 11.5 Å². The number of amides is 1. The minimum Gasteiger partial charge on any atom is -0.327 e. The monoisotopic (exact) mass is 234 g/mol. The first kappa shape index (κ1) is 10.7. The van der Waals surface area contributed by atoms with E-state index in [0.717, 1.165) is 24.0 Å². The summed E-state index contributed by atoms with van der Waals surface area (Å²) in [5, 5.41) is 2.55. The number of nitrogens with one attached hydrogen (secondary N) is 1. The lowest BCUT2D eigenvalue weighted by Crippen LogP contribution is -2.31. The van der Waals surface area contributed by atoms with Crippen LogP contribution in [0.25, 0.3) is 0 Å². The Kier molecular flexibility index (Phi) is 2.08. The molecule has 0 bridgehead atoms. The summed E-state index contributed by atoms with van der Waals surface area (Å²) < 4.78 is 13.9. The van der Waals surface area contributed by atoms with E-state index in [1.54, 1.807) is 0 Å². The molecule has 2 aliphatic rings. The highest BCUT2D eigenvalue weighted by atomic mass is 19.1. The van der Waals surface area contributed by atoms with E-state index in [9.17, 15) is 9.18 Å². The van der Waals surface area contributed by atoms with Crippen molar-refractivity contribution in [1.29, 1.82) is 0 Å². The van der Waals surface area contributed by atoms with Gasteiger partial charge in [0.05, 0.1) is 12.1 Å². The van der Waals surface area contributed by atoms with E-state index in [4.69, 9.17) is 5.73 Å². The molecule has 3 N–H and O–H groups in total. The highest BCUT2D eigenvalue weighted by molar-refractivity contribution is 5.99. The Balaban J connectivity index is 2.07. The molecule has 90 valence electrons. The van der Waals surface area contributed by atoms with Crippen LogP contribution >= 0.6 is 0 Å². The Hall–Kier alpha value is -1.42. The molecule has 1 saturated carbocycles. The highest BCUT2D eigenvalue weighted by Gasteiger charge is 2.48. The predicted molar refractivity (Wildman–Crippen MR) is 63.3 cm³/mol. The van der Waals surface area contributed by atoms with Gasteiger partial charge in [0.2, 0.25) is 5.91 Å². The zero-order valence-corrected chi connectivity index (χ0v) is 9.72. The van der Waals surface area contributed by atoms with E-state index in [1.165, 1.54) is 6.07 Å². The number of rotatable bonds is 2. The summed E-state index contributed by atoms with van der Waals surface area (Å²) in [6, 6.07) is 3.48. The average Bonchev–Trinajstić information content (AvgIpc) is 2.97. The smallest absolute Gasteiger partial charge is 0.228 e. The van der Waals surface area contributed by atoms with Crippen LogP contribution in [-0.4, -0.2) is 11.9 Å². The van der Waals surface area contributed by atoms with Crippen LogP contribution in [0.4, 0.5) is 10.1 Å². The Bertz CT molecular complexity index is 506. The minimum atomic E-state index is -0.338. The molecule has 4 heteroatoms. The molecule has 1 fully saturated rings. The average molecular weight is 234 g/mol. The second kappa shape index (κ2) is 3.29.